The third-order valence-electron chi connectivity index (χ3n) is 2.25. The van der Waals surface area contributed by atoms with Gasteiger partial charge in [-0.2, -0.15) is 4.98 Å². The van der Waals surface area contributed by atoms with Crippen LogP contribution in [0.1, 0.15) is 19.7 Å². The predicted octanol–water partition coefficient (Wildman–Crippen LogP) is 2.49. The van der Waals surface area contributed by atoms with Crippen LogP contribution in [0, 0.1) is 38.0 Å². The normalized spacial score (nSPS) is 9.35. The van der Waals surface area contributed by atoms with Crippen molar-refractivity contribution in [3.63, 3.8) is 0 Å². The molecule has 3 rings (SSSR count). The molecule has 3 heterocycles. The van der Waals surface area contributed by atoms with Crippen molar-refractivity contribution in [2.24, 2.45) is 0 Å². The minimum atomic E-state index is 0. The molecule has 3 aromatic rings. The van der Waals surface area contributed by atoms with Crippen LogP contribution in [0.2, 0.25) is 0 Å². The summed E-state index contributed by atoms with van der Waals surface area (Å²) < 4.78 is 4.89. The van der Waals surface area contributed by atoms with Crippen LogP contribution in [0.5, 0.6) is 0 Å². The smallest absolute Gasteiger partial charge is 0.223 e. The minimum absolute atomic E-state index is 0. The maximum Gasteiger partial charge on any atom is 0.223 e. The van der Waals surface area contributed by atoms with Gasteiger partial charge in [-0.15, -0.1) is 5.69 Å². The van der Waals surface area contributed by atoms with E-state index in [0.29, 0.717) is 17.4 Å². The third-order valence-corrected chi connectivity index (χ3v) is 2.25. The van der Waals surface area contributed by atoms with Gasteiger partial charge in [-0.3, -0.25) is 4.98 Å². The van der Waals surface area contributed by atoms with Crippen molar-refractivity contribution in [3.05, 3.63) is 36.5 Å². The summed E-state index contributed by atoms with van der Waals surface area (Å²) in [6, 6.07) is 5.58. The van der Waals surface area contributed by atoms with Gasteiger partial charge in [0.1, 0.15) is 0 Å². The Bertz CT molecular complexity index is 635. The van der Waals surface area contributed by atoms with Gasteiger partial charge in [-0.25, -0.2) is 0 Å². The molecule has 0 unspecified atom stereocenters. The second-order valence-electron chi connectivity index (χ2n) is 3.49. The van der Waals surface area contributed by atoms with Crippen LogP contribution in [0.3, 0.4) is 0 Å². The van der Waals surface area contributed by atoms with Gasteiger partial charge in [0.2, 0.25) is 11.7 Å². The number of rotatable bonds is 2. The molecule has 0 fully saturated rings. The van der Waals surface area contributed by atoms with Crippen molar-refractivity contribution in [2.75, 3.05) is 0 Å². The van der Waals surface area contributed by atoms with Crippen molar-refractivity contribution in [2.45, 2.75) is 20.8 Å². The fraction of sp³-hybridized carbons (Fsp3) is 0.231. The van der Waals surface area contributed by atoms with Crippen LogP contribution in [0.15, 0.2) is 35.1 Å². The molecule has 0 spiro atoms. The molecular formula is C13H14N5OU-. The van der Waals surface area contributed by atoms with E-state index >= 15 is 0 Å². The maximum atomic E-state index is 4.89. The maximum absolute atomic E-state index is 4.89. The number of aryl methyl sites for hydroxylation is 1. The zero-order valence-electron chi connectivity index (χ0n) is 11.5. The summed E-state index contributed by atoms with van der Waals surface area (Å²) >= 11 is 0. The molecule has 0 saturated carbocycles. The summed E-state index contributed by atoms with van der Waals surface area (Å²) in [7, 11) is 0. The van der Waals surface area contributed by atoms with E-state index in [1.54, 1.807) is 25.4 Å². The number of aromatic nitrogens is 5. The quantitative estimate of drug-likeness (QED) is 0.545. The standard InChI is InChI=1S/C11H8N5O.C2H6.U/c1-7-13-11(16-17-7)10-5-9(14-15-10)8-3-2-4-12-6-8;1-2;/h2-6H,1H3;1-2H3;/q-1;;. The van der Waals surface area contributed by atoms with Gasteiger partial charge in [0.05, 0.1) is 5.69 Å². The molecule has 102 valence electrons. The first-order valence-electron chi connectivity index (χ1n) is 6.04. The van der Waals surface area contributed by atoms with Crippen molar-refractivity contribution in [1.82, 2.24) is 25.3 Å². The van der Waals surface area contributed by atoms with Crippen LogP contribution in [0.4, 0.5) is 0 Å². The second kappa shape index (κ2) is 7.98. The topological polar surface area (TPSA) is 78.8 Å². The van der Waals surface area contributed by atoms with Crippen molar-refractivity contribution < 1.29 is 35.6 Å². The molecule has 0 N–H and O–H groups in total. The Morgan fingerprint density at radius 1 is 1.25 bits per heavy atom. The summed E-state index contributed by atoms with van der Waals surface area (Å²) in [5.74, 6) is 0.955. The van der Waals surface area contributed by atoms with E-state index in [1.807, 2.05) is 26.0 Å². The van der Waals surface area contributed by atoms with Gasteiger partial charge >= 0.3 is 0 Å². The van der Waals surface area contributed by atoms with Crippen LogP contribution >= 0.6 is 0 Å². The second-order valence-corrected chi connectivity index (χ2v) is 3.49. The largest absolute Gasteiger partial charge is 0.574 e. The van der Waals surface area contributed by atoms with Crippen molar-refractivity contribution in [1.29, 1.82) is 0 Å². The Balaban J connectivity index is 0.000000639. The van der Waals surface area contributed by atoms with E-state index in [9.17, 15) is 0 Å². The SMILES string of the molecule is CC.Cc1nc(-c2cc(-c3cccnc3)[n-]n2)no1.[U]. The predicted molar refractivity (Wildman–Crippen MR) is 70.2 cm³/mol. The van der Waals surface area contributed by atoms with E-state index in [0.717, 1.165) is 11.3 Å². The zero-order chi connectivity index (χ0) is 13.7. The van der Waals surface area contributed by atoms with Gasteiger partial charge in [-0.05, 0) is 17.7 Å². The minimum Gasteiger partial charge on any atom is -0.574 e. The molecule has 0 atom stereocenters. The monoisotopic (exact) mass is 494 g/mol. The zero-order valence-corrected chi connectivity index (χ0v) is 15.7. The fourth-order valence-corrected chi connectivity index (χ4v) is 1.46. The summed E-state index contributed by atoms with van der Waals surface area (Å²) in [5, 5.41) is 11.9. The van der Waals surface area contributed by atoms with E-state index in [4.69, 9.17) is 4.52 Å². The molecule has 0 aromatic carbocycles. The van der Waals surface area contributed by atoms with Crippen molar-refractivity contribution >= 4 is 0 Å². The molecule has 0 aliphatic carbocycles. The molecule has 0 aliphatic rings. The van der Waals surface area contributed by atoms with Crippen LogP contribution in [-0.4, -0.2) is 20.2 Å². The van der Waals surface area contributed by atoms with Gasteiger partial charge in [0.15, 0.2) is 0 Å². The third kappa shape index (κ3) is 3.78. The number of hydrogen-bond donors (Lipinski definition) is 0. The van der Waals surface area contributed by atoms with E-state index < -0.39 is 0 Å². The Morgan fingerprint density at radius 3 is 2.65 bits per heavy atom. The summed E-state index contributed by atoms with van der Waals surface area (Å²) in [6.07, 6.45) is 3.44. The van der Waals surface area contributed by atoms with Gasteiger partial charge < -0.3 is 14.7 Å². The molecule has 0 bridgehead atoms. The first-order valence-corrected chi connectivity index (χ1v) is 6.04. The molecule has 0 aliphatic heterocycles. The molecular weight excluding hydrogens is 480 g/mol. The summed E-state index contributed by atoms with van der Waals surface area (Å²) in [6.45, 7) is 5.73. The average molecular weight is 494 g/mol. The fourth-order valence-electron chi connectivity index (χ4n) is 1.46. The molecule has 0 saturated heterocycles. The summed E-state index contributed by atoms with van der Waals surface area (Å²) in [4.78, 5) is 8.12. The average Bonchev–Trinajstić information content (AvgIpc) is 3.10. The molecule has 20 heavy (non-hydrogen) atoms. The first kappa shape index (κ1) is 16.6. The number of pyridine rings is 1. The summed E-state index contributed by atoms with van der Waals surface area (Å²) in [5.41, 5.74) is 2.25. The number of nitrogens with zero attached hydrogens (tertiary/aromatic N) is 5. The van der Waals surface area contributed by atoms with Crippen LogP contribution < -0.4 is 5.10 Å². The van der Waals surface area contributed by atoms with E-state index in [-0.39, 0.29) is 31.1 Å². The Morgan fingerprint density at radius 2 is 2.05 bits per heavy atom. The van der Waals surface area contributed by atoms with Crippen molar-refractivity contribution in [3.8, 4) is 22.8 Å². The Hall–Kier alpha value is -1.45. The Kier molecular flexibility index (Phi) is 6.62. The van der Waals surface area contributed by atoms with E-state index in [2.05, 4.69) is 25.3 Å². The van der Waals surface area contributed by atoms with Gasteiger partial charge in [0.25, 0.3) is 0 Å². The van der Waals surface area contributed by atoms with Crippen LogP contribution in [0.25, 0.3) is 22.8 Å². The molecule has 3 aromatic heterocycles. The Labute approximate surface area is 140 Å². The molecule has 0 radical (unpaired) electrons. The van der Waals surface area contributed by atoms with Crippen LogP contribution in [-0.2, 0) is 0 Å². The number of hydrogen-bond acceptors (Lipinski definition) is 5. The van der Waals surface area contributed by atoms with E-state index in [1.165, 1.54) is 0 Å². The van der Waals surface area contributed by atoms with Gasteiger partial charge in [-0.1, -0.05) is 25.1 Å². The van der Waals surface area contributed by atoms with Gasteiger partial charge in [0, 0.05) is 50.4 Å². The molecule has 6 nitrogen and oxygen atoms in total. The molecule has 7 heteroatoms. The molecule has 0 amide bonds. The first-order chi connectivity index (χ1) is 9.33.